The van der Waals surface area contributed by atoms with Gasteiger partial charge < -0.3 is 9.73 Å². The lowest BCUT2D eigenvalue weighted by atomic mass is 9.96. The van der Waals surface area contributed by atoms with E-state index in [1.54, 1.807) is 24.5 Å². The maximum absolute atomic E-state index is 12.0. The molecular weight excluding hydrogens is 250 g/mol. The topological polar surface area (TPSA) is 42.2 Å². The Labute approximate surface area is 119 Å². The van der Waals surface area contributed by atoms with E-state index in [-0.39, 0.29) is 11.9 Å². The SMILES string of the molecule is CC(C)[C@H](NC(=O)/C=C/c1ccco1)c1ccccc1. The Balaban J connectivity index is 2.03. The van der Waals surface area contributed by atoms with Crippen molar-refractivity contribution in [2.24, 2.45) is 5.92 Å². The molecule has 2 rings (SSSR count). The minimum absolute atomic E-state index is 0.00458. The quantitative estimate of drug-likeness (QED) is 0.839. The van der Waals surface area contributed by atoms with Gasteiger partial charge in [0.25, 0.3) is 0 Å². The lowest BCUT2D eigenvalue weighted by molar-refractivity contribution is -0.117. The number of carbonyl (C=O) groups excluding carboxylic acids is 1. The van der Waals surface area contributed by atoms with Crippen molar-refractivity contribution in [2.45, 2.75) is 19.9 Å². The van der Waals surface area contributed by atoms with E-state index in [9.17, 15) is 4.79 Å². The van der Waals surface area contributed by atoms with E-state index in [1.807, 2.05) is 30.3 Å². The summed E-state index contributed by atoms with van der Waals surface area (Å²) in [5.41, 5.74) is 1.11. The Bertz CT molecular complexity index is 556. The molecule has 1 N–H and O–H groups in total. The number of nitrogens with one attached hydrogen (secondary N) is 1. The molecule has 0 aliphatic rings. The van der Waals surface area contributed by atoms with E-state index in [1.165, 1.54) is 6.08 Å². The number of rotatable bonds is 5. The standard InChI is InChI=1S/C17H19NO2/c1-13(2)17(14-7-4-3-5-8-14)18-16(19)11-10-15-9-6-12-20-15/h3-13,17H,1-2H3,(H,18,19)/b11-10+/t17-/m0/s1. The van der Waals surface area contributed by atoms with Crippen LogP contribution in [-0.4, -0.2) is 5.91 Å². The summed E-state index contributed by atoms with van der Waals surface area (Å²) < 4.78 is 5.15. The van der Waals surface area contributed by atoms with Gasteiger partial charge in [-0.1, -0.05) is 44.2 Å². The summed E-state index contributed by atoms with van der Waals surface area (Å²) in [6.07, 6.45) is 4.74. The summed E-state index contributed by atoms with van der Waals surface area (Å²) >= 11 is 0. The van der Waals surface area contributed by atoms with Gasteiger partial charge in [-0.3, -0.25) is 4.79 Å². The lowest BCUT2D eigenvalue weighted by Gasteiger charge is -2.22. The summed E-state index contributed by atoms with van der Waals surface area (Å²) in [5, 5.41) is 3.03. The molecule has 0 bridgehead atoms. The predicted octanol–water partition coefficient (Wildman–Crippen LogP) is 3.81. The van der Waals surface area contributed by atoms with E-state index in [0.29, 0.717) is 11.7 Å². The van der Waals surface area contributed by atoms with E-state index in [4.69, 9.17) is 4.42 Å². The molecule has 104 valence electrons. The molecule has 3 heteroatoms. The van der Waals surface area contributed by atoms with Gasteiger partial charge in [0.2, 0.25) is 5.91 Å². The molecule has 1 heterocycles. The third kappa shape index (κ3) is 3.85. The van der Waals surface area contributed by atoms with E-state index in [2.05, 4.69) is 19.2 Å². The van der Waals surface area contributed by atoms with Crippen LogP contribution in [0.5, 0.6) is 0 Å². The third-order valence-corrected chi connectivity index (χ3v) is 3.07. The molecule has 1 aromatic heterocycles. The lowest BCUT2D eigenvalue weighted by Crippen LogP contribution is -2.30. The Morgan fingerprint density at radius 2 is 1.90 bits per heavy atom. The Kier molecular flexibility index (Phi) is 4.77. The zero-order valence-corrected chi connectivity index (χ0v) is 11.7. The first-order chi connectivity index (χ1) is 9.66. The zero-order chi connectivity index (χ0) is 14.4. The van der Waals surface area contributed by atoms with Gasteiger partial charge in [0, 0.05) is 6.08 Å². The first kappa shape index (κ1) is 14.1. The van der Waals surface area contributed by atoms with Crippen LogP contribution in [0.3, 0.4) is 0 Å². The van der Waals surface area contributed by atoms with Crippen molar-refractivity contribution in [3.05, 3.63) is 66.1 Å². The number of hydrogen-bond acceptors (Lipinski definition) is 2. The van der Waals surface area contributed by atoms with Crippen LogP contribution < -0.4 is 5.32 Å². The fourth-order valence-electron chi connectivity index (χ4n) is 2.04. The predicted molar refractivity (Wildman–Crippen MR) is 79.9 cm³/mol. The number of furan rings is 1. The van der Waals surface area contributed by atoms with Crippen molar-refractivity contribution in [2.75, 3.05) is 0 Å². The molecule has 1 aromatic carbocycles. The molecular formula is C17H19NO2. The highest BCUT2D eigenvalue weighted by atomic mass is 16.3. The number of hydrogen-bond donors (Lipinski definition) is 1. The van der Waals surface area contributed by atoms with Crippen molar-refractivity contribution >= 4 is 12.0 Å². The van der Waals surface area contributed by atoms with Gasteiger partial charge in [-0.05, 0) is 29.7 Å². The van der Waals surface area contributed by atoms with Crippen LogP contribution >= 0.6 is 0 Å². The molecule has 0 unspecified atom stereocenters. The van der Waals surface area contributed by atoms with Gasteiger partial charge in [-0.2, -0.15) is 0 Å². The maximum atomic E-state index is 12.0. The molecule has 3 nitrogen and oxygen atoms in total. The van der Waals surface area contributed by atoms with E-state index >= 15 is 0 Å². The van der Waals surface area contributed by atoms with Crippen molar-refractivity contribution in [1.82, 2.24) is 5.32 Å². The van der Waals surface area contributed by atoms with Crippen LogP contribution in [0.4, 0.5) is 0 Å². The molecule has 0 radical (unpaired) electrons. The van der Waals surface area contributed by atoms with Crippen LogP contribution in [0.2, 0.25) is 0 Å². The molecule has 0 aliphatic carbocycles. The first-order valence-corrected chi connectivity index (χ1v) is 6.74. The van der Waals surface area contributed by atoms with Gasteiger partial charge in [0.05, 0.1) is 12.3 Å². The summed E-state index contributed by atoms with van der Waals surface area (Å²) in [6.45, 7) is 4.18. The van der Waals surface area contributed by atoms with Gasteiger partial charge in [-0.15, -0.1) is 0 Å². The maximum Gasteiger partial charge on any atom is 0.244 e. The minimum atomic E-state index is -0.121. The van der Waals surface area contributed by atoms with E-state index in [0.717, 1.165) is 5.56 Å². The summed E-state index contributed by atoms with van der Waals surface area (Å²) in [7, 11) is 0. The molecule has 0 saturated heterocycles. The highest BCUT2D eigenvalue weighted by Crippen LogP contribution is 2.21. The number of amides is 1. The van der Waals surface area contributed by atoms with Crippen molar-refractivity contribution in [3.8, 4) is 0 Å². The molecule has 0 saturated carbocycles. The van der Waals surface area contributed by atoms with Crippen LogP contribution in [-0.2, 0) is 4.79 Å². The second kappa shape index (κ2) is 6.75. The monoisotopic (exact) mass is 269 g/mol. The second-order valence-corrected chi connectivity index (χ2v) is 4.99. The molecule has 0 aliphatic heterocycles. The Morgan fingerprint density at radius 3 is 2.50 bits per heavy atom. The van der Waals surface area contributed by atoms with Crippen LogP contribution in [0.25, 0.3) is 6.08 Å². The summed E-state index contributed by atoms with van der Waals surface area (Å²) in [4.78, 5) is 12.0. The van der Waals surface area contributed by atoms with E-state index < -0.39 is 0 Å². The van der Waals surface area contributed by atoms with Crippen LogP contribution in [0.1, 0.15) is 31.2 Å². The summed E-state index contributed by atoms with van der Waals surface area (Å²) in [6, 6.07) is 13.6. The molecule has 1 amide bonds. The summed E-state index contributed by atoms with van der Waals surface area (Å²) in [5.74, 6) is 0.864. The largest absolute Gasteiger partial charge is 0.465 e. The van der Waals surface area contributed by atoms with Crippen molar-refractivity contribution in [1.29, 1.82) is 0 Å². The zero-order valence-electron chi connectivity index (χ0n) is 11.7. The van der Waals surface area contributed by atoms with Gasteiger partial charge >= 0.3 is 0 Å². The molecule has 2 aromatic rings. The smallest absolute Gasteiger partial charge is 0.244 e. The molecule has 1 atom stereocenters. The second-order valence-electron chi connectivity index (χ2n) is 4.99. The van der Waals surface area contributed by atoms with Gasteiger partial charge in [0.1, 0.15) is 5.76 Å². The Morgan fingerprint density at radius 1 is 1.15 bits per heavy atom. The number of carbonyl (C=O) groups is 1. The highest BCUT2D eigenvalue weighted by Gasteiger charge is 2.16. The highest BCUT2D eigenvalue weighted by molar-refractivity contribution is 5.91. The van der Waals surface area contributed by atoms with Gasteiger partial charge in [0.15, 0.2) is 0 Å². The van der Waals surface area contributed by atoms with Gasteiger partial charge in [-0.25, -0.2) is 0 Å². The minimum Gasteiger partial charge on any atom is -0.465 e. The average molecular weight is 269 g/mol. The normalized spacial score (nSPS) is 12.8. The van der Waals surface area contributed by atoms with Crippen LogP contribution in [0, 0.1) is 5.92 Å². The molecule has 0 spiro atoms. The first-order valence-electron chi connectivity index (χ1n) is 6.74. The number of benzene rings is 1. The molecule has 20 heavy (non-hydrogen) atoms. The molecule has 0 fully saturated rings. The fourth-order valence-corrected chi connectivity index (χ4v) is 2.04. The Hall–Kier alpha value is -2.29. The van der Waals surface area contributed by atoms with Crippen molar-refractivity contribution in [3.63, 3.8) is 0 Å². The third-order valence-electron chi connectivity index (χ3n) is 3.07. The van der Waals surface area contributed by atoms with Crippen LogP contribution in [0.15, 0.2) is 59.2 Å². The fraction of sp³-hybridized carbons (Fsp3) is 0.235. The average Bonchev–Trinajstić information content (AvgIpc) is 2.96. The van der Waals surface area contributed by atoms with Crippen molar-refractivity contribution < 1.29 is 9.21 Å².